The minimum Gasteiger partial charge on any atom is -0.325 e. The van der Waals surface area contributed by atoms with Crippen LogP contribution in [0.15, 0.2) is 65.0 Å². The number of carbonyl (C=O) groups excluding carboxylic acids is 1. The largest absolute Gasteiger partial charge is 0.325 e. The van der Waals surface area contributed by atoms with Crippen molar-refractivity contribution >= 4 is 33.1 Å². The molecule has 1 N–H and O–H groups in total. The molecule has 4 rings (SSSR count). The lowest BCUT2D eigenvalue weighted by atomic mass is 10.1. The van der Waals surface area contributed by atoms with E-state index in [4.69, 9.17) is 0 Å². The summed E-state index contributed by atoms with van der Waals surface area (Å²) in [7, 11) is 0. The summed E-state index contributed by atoms with van der Waals surface area (Å²) < 4.78 is 1.37. The van der Waals surface area contributed by atoms with Crippen LogP contribution in [0.4, 0.5) is 5.69 Å². The van der Waals surface area contributed by atoms with Crippen molar-refractivity contribution in [3.8, 4) is 11.1 Å². The number of rotatable bonds is 7. The Morgan fingerprint density at radius 2 is 1.84 bits per heavy atom. The summed E-state index contributed by atoms with van der Waals surface area (Å²) in [6, 6.07) is 15.9. The van der Waals surface area contributed by atoms with Crippen molar-refractivity contribution in [3.63, 3.8) is 0 Å². The monoisotopic (exact) mass is 431 g/mol. The number of fused-ring (bicyclic) bond motifs is 1. The highest BCUT2D eigenvalue weighted by molar-refractivity contribution is 7.17. The van der Waals surface area contributed by atoms with E-state index in [1.165, 1.54) is 27.8 Å². The summed E-state index contributed by atoms with van der Waals surface area (Å²) >= 11 is 1.44. The summed E-state index contributed by atoms with van der Waals surface area (Å²) in [4.78, 5) is 30.8. The highest BCUT2D eigenvalue weighted by Gasteiger charge is 2.15. The second kappa shape index (κ2) is 9.27. The number of thiophene rings is 1. The molecule has 0 radical (unpaired) electrons. The number of nitrogens with one attached hydrogen (secondary N) is 1. The minimum atomic E-state index is -0.253. The van der Waals surface area contributed by atoms with Gasteiger partial charge in [0, 0.05) is 16.6 Å². The van der Waals surface area contributed by atoms with Gasteiger partial charge in [0.25, 0.3) is 5.56 Å². The van der Waals surface area contributed by atoms with Crippen LogP contribution in [0.1, 0.15) is 30.9 Å². The van der Waals surface area contributed by atoms with Crippen molar-refractivity contribution in [1.82, 2.24) is 9.55 Å². The van der Waals surface area contributed by atoms with Crippen LogP contribution in [0.3, 0.4) is 0 Å². The van der Waals surface area contributed by atoms with Crippen LogP contribution in [0, 0.1) is 6.92 Å². The van der Waals surface area contributed by atoms with E-state index >= 15 is 0 Å². The number of aromatic nitrogens is 2. The second-order valence-electron chi connectivity index (χ2n) is 7.72. The number of amides is 1. The number of anilines is 1. The molecule has 158 valence electrons. The maximum Gasteiger partial charge on any atom is 0.263 e. The molecule has 0 spiro atoms. The fraction of sp³-hybridized carbons (Fsp3) is 0.240. The van der Waals surface area contributed by atoms with Gasteiger partial charge in [0.15, 0.2) is 0 Å². The van der Waals surface area contributed by atoms with Gasteiger partial charge in [0.2, 0.25) is 5.91 Å². The molecule has 0 fully saturated rings. The third-order valence-electron chi connectivity index (χ3n) is 5.29. The van der Waals surface area contributed by atoms with Gasteiger partial charge in [-0.2, -0.15) is 0 Å². The van der Waals surface area contributed by atoms with Gasteiger partial charge in [-0.1, -0.05) is 55.3 Å². The fourth-order valence-electron chi connectivity index (χ4n) is 3.52. The molecule has 4 aromatic rings. The molecule has 0 saturated carbocycles. The number of carbonyl (C=O) groups is 1. The Hall–Kier alpha value is -3.25. The molecule has 0 aliphatic carbocycles. The molecular weight excluding hydrogens is 406 g/mol. The molecule has 5 nitrogen and oxygen atoms in total. The van der Waals surface area contributed by atoms with E-state index in [1.807, 2.05) is 60.8 Å². The molecule has 31 heavy (non-hydrogen) atoms. The Bertz CT molecular complexity index is 1250. The standard InChI is InChI=1S/C25H25N3O2S/c1-3-4-5-18-8-12-20(13-9-18)27-22(29)14-28-16-26-24-23(25(28)30)21(15-31-24)19-10-6-17(2)7-11-19/h6-13,15-16H,3-5,14H2,1-2H3,(H,27,29). The summed E-state index contributed by atoms with van der Waals surface area (Å²) in [5.74, 6) is -0.253. The van der Waals surface area contributed by atoms with Gasteiger partial charge in [-0.25, -0.2) is 4.98 Å². The van der Waals surface area contributed by atoms with Crippen molar-refractivity contribution in [2.75, 3.05) is 5.32 Å². The predicted octanol–water partition coefficient (Wildman–Crippen LogP) is 5.41. The molecule has 0 bridgehead atoms. The number of benzene rings is 2. The first-order valence-corrected chi connectivity index (χ1v) is 11.4. The third kappa shape index (κ3) is 4.75. The van der Waals surface area contributed by atoms with Gasteiger partial charge in [-0.3, -0.25) is 14.2 Å². The van der Waals surface area contributed by atoms with Crippen LogP contribution in [-0.4, -0.2) is 15.5 Å². The Kier molecular flexibility index (Phi) is 6.28. The SMILES string of the molecule is CCCCc1ccc(NC(=O)Cn2cnc3scc(-c4ccc(C)cc4)c3c2=O)cc1. The Morgan fingerprint density at radius 3 is 2.55 bits per heavy atom. The quantitative estimate of drug-likeness (QED) is 0.425. The fourth-order valence-corrected chi connectivity index (χ4v) is 4.42. The molecule has 6 heteroatoms. The molecule has 0 saturated heterocycles. The average Bonchev–Trinajstić information content (AvgIpc) is 3.21. The lowest BCUT2D eigenvalue weighted by molar-refractivity contribution is -0.116. The van der Waals surface area contributed by atoms with E-state index in [1.54, 1.807) is 0 Å². The van der Waals surface area contributed by atoms with E-state index in [0.29, 0.717) is 10.2 Å². The van der Waals surface area contributed by atoms with Crippen molar-refractivity contribution in [3.05, 3.63) is 81.7 Å². The lowest BCUT2D eigenvalue weighted by Crippen LogP contribution is -2.27. The lowest BCUT2D eigenvalue weighted by Gasteiger charge is -2.09. The van der Waals surface area contributed by atoms with Crippen molar-refractivity contribution in [2.45, 2.75) is 39.7 Å². The molecule has 2 heterocycles. The van der Waals surface area contributed by atoms with E-state index in [-0.39, 0.29) is 18.0 Å². The maximum absolute atomic E-state index is 13.1. The van der Waals surface area contributed by atoms with Crippen LogP contribution in [0.25, 0.3) is 21.3 Å². The first-order chi connectivity index (χ1) is 15.0. The Balaban J connectivity index is 1.54. The zero-order valence-electron chi connectivity index (χ0n) is 17.7. The predicted molar refractivity (Wildman–Crippen MR) is 128 cm³/mol. The van der Waals surface area contributed by atoms with Crippen LogP contribution >= 0.6 is 11.3 Å². The van der Waals surface area contributed by atoms with Gasteiger partial charge in [-0.15, -0.1) is 11.3 Å². The number of unbranched alkanes of at least 4 members (excludes halogenated alkanes) is 1. The smallest absolute Gasteiger partial charge is 0.263 e. The van der Waals surface area contributed by atoms with E-state index in [0.717, 1.165) is 41.6 Å². The van der Waals surface area contributed by atoms with Crippen molar-refractivity contribution < 1.29 is 4.79 Å². The van der Waals surface area contributed by atoms with Gasteiger partial charge in [-0.05, 0) is 43.0 Å². The minimum absolute atomic E-state index is 0.0808. The van der Waals surface area contributed by atoms with Crippen molar-refractivity contribution in [2.24, 2.45) is 0 Å². The number of hydrogen-bond donors (Lipinski definition) is 1. The zero-order valence-corrected chi connectivity index (χ0v) is 18.5. The zero-order chi connectivity index (χ0) is 21.8. The van der Waals surface area contributed by atoms with Crippen LogP contribution in [-0.2, 0) is 17.8 Å². The summed E-state index contributed by atoms with van der Waals surface area (Å²) in [5, 5.41) is 5.38. The van der Waals surface area contributed by atoms with E-state index in [9.17, 15) is 9.59 Å². The van der Waals surface area contributed by atoms with Crippen molar-refractivity contribution in [1.29, 1.82) is 0 Å². The van der Waals surface area contributed by atoms with Crippen LogP contribution in [0.5, 0.6) is 0 Å². The molecule has 0 atom stereocenters. The van der Waals surface area contributed by atoms with Gasteiger partial charge in [0.1, 0.15) is 11.4 Å². The molecule has 0 aliphatic heterocycles. The molecule has 0 unspecified atom stereocenters. The van der Waals surface area contributed by atoms with Gasteiger partial charge in [0.05, 0.1) is 11.7 Å². The number of hydrogen-bond acceptors (Lipinski definition) is 4. The van der Waals surface area contributed by atoms with Crippen LogP contribution in [0.2, 0.25) is 0 Å². The molecule has 0 aliphatic rings. The van der Waals surface area contributed by atoms with Gasteiger partial charge < -0.3 is 5.32 Å². The van der Waals surface area contributed by atoms with Gasteiger partial charge >= 0.3 is 0 Å². The molecule has 1 amide bonds. The first-order valence-electron chi connectivity index (χ1n) is 10.5. The number of aryl methyl sites for hydroxylation is 2. The van der Waals surface area contributed by atoms with E-state index in [2.05, 4.69) is 17.2 Å². The van der Waals surface area contributed by atoms with E-state index < -0.39 is 0 Å². The highest BCUT2D eigenvalue weighted by Crippen LogP contribution is 2.30. The maximum atomic E-state index is 13.1. The third-order valence-corrected chi connectivity index (χ3v) is 6.18. The normalized spacial score (nSPS) is 11.0. The molecule has 2 aromatic heterocycles. The summed E-state index contributed by atoms with van der Waals surface area (Å²) in [6.45, 7) is 4.12. The molecular formula is C25H25N3O2S. The average molecular weight is 432 g/mol. The summed E-state index contributed by atoms with van der Waals surface area (Å²) in [6.07, 6.45) is 4.79. The molecule has 2 aromatic carbocycles. The first kappa shape index (κ1) is 21.0. The van der Waals surface area contributed by atoms with Crippen LogP contribution < -0.4 is 10.9 Å². The second-order valence-corrected chi connectivity index (χ2v) is 8.58. The topological polar surface area (TPSA) is 64.0 Å². The number of nitrogens with zero attached hydrogens (tertiary/aromatic N) is 2. The Morgan fingerprint density at radius 1 is 1.10 bits per heavy atom. The highest BCUT2D eigenvalue weighted by atomic mass is 32.1. The summed E-state index contributed by atoms with van der Waals surface area (Å²) in [5.41, 5.74) is 4.77. The Labute approximate surface area is 185 Å².